The summed E-state index contributed by atoms with van der Waals surface area (Å²) in [6, 6.07) is 0. The summed E-state index contributed by atoms with van der Waals surface area (Å²) < 4.78 is 6.72. The normalized spacial score (nSPS) is 14.1. The molecule has 0 radical (unpaired) electrons. The van der Waals surface area contributed by atoms with Crippen LogP contribution in [0, 0.1) is 16.0 Å². The minimum atomic E-state index is -0.529. The average molecular weight is 420 g/mol. The van der Waals surface area contributed by atoms with Crippen molar-refractivity contribution in [2.75, 3.05) is 11.9 Å². The van der Waals surface area contributed by atoms with Crippen molar-refractivity contribution in [3.05, 3.63) is 38.5 Å². The number of carbonyl (C=O) groups is 2. The molecule has 1 aliphatic carbocycles. The van der Waals surface area contributed by atoms with Crippen LogP contribution in [0.25, 0.3) is 0 Å². The van der Waals surface area contributed by atoms with Crippen LogP contribution in [-0.2, 0) is 28.9 Å². The summed E-state index contributed by atoms with van der Waals surface area (Å²) in [6.07, 6.45) is 6.97. The van der Waals surface area contributed by atoms with Crippen molar-refractivity contribution in [3.8, 4) is 0 Å². The third kappa shape index (κ3) is 4.81. The average Bonchev–Trinajstić information content (AvgIpc) is 3.30. The zero-order valence-electron chi connectivity index (χ0n) is 16.5. The second-order valence-electron chi connectivity index (χ2n) is 7.12. The first-order chi connectivity index (χ1) is 13.9. The molecule has 1 atom stereocenters. The molecule has 3 rings (SSSR count). The van der Waals surface area contributed by atoms with E-state index in [9.17, 15) is 19.7 Å². The van der Waals surface area contributed by atoms with Crippen molar-refractivity contribution < 1.29 is 19.2 Å². The quantitative estimate of drug-likeness (QED) is 0.396. The van der Waals surface area contributed by atoms with Crippen molar-refractivity contribution in [1.82, 2.24) is 9.78 Å². The van der Waals surface area contributed by atoms with Gasteiger partial charge in [-0.1, -0.05) is 13.8 Å². The fourth-order valence-corrected chi connectivity index (χ4v) is 4.56. The van der Waals surface area contributed by atoms with Crippen molar-refractivity contribution in [3.63, 3.8) is 0 Å². The van der Waals surface area contributed by atoms with Crippen LogP contribution >= 0.6 is 11.3 Å². The van der Waals surface area contributed by atoms with Gasteiger partial charge in [0.25, 0.3) is 0 Å². The van der Waals surface area contributed by atoms with Crippen molar-refractivity contribution in [2.24, 2.45) is 5.92 Å². The zero-order valence-corrected chi connectivity index (χ0v) is 17.3. The maximum absolute atomic E-state index is 12.7. The fraction of sp³-hybridized carbons (Fsp3) is 0.526. The topological polar surface area (TPSA) is 116 Å². The molecule has 10 heteroatoms. The van der Waals surface area contributed by atoms with Gasteiger partial charge >= 0.3 is 11.7 Å². The smallest absolute Gasteiger partial charge is 0.341 e. The summed E-state index contributed by atoms with van der Waals surface area (Å²) in [4.78, 5) is 36.7. The number of thiophene rings is 1. The summed E-state index contributed by atoms with van der Waals surface area (Å²) in [7, 11) is 0. The highest BCUT2D eigenvalue weighted by Crippen LogP contribution is 2.38. The molecular formula is C19H24N4O5S. The van der Waals surface area contributed by atoms with Crippen LogP contribution in [0.3, 0.4) is 0 Å². The van der Waals surface area contributed by atoms with E-state index in [2.05, 4.69) is 10.4 Å². The summed E-state index contributed by atoms with van der Waals surface area (Å²) in [5.74, 6) is -1.16. The number of nitrogens with one attached hydrogen (secondary N) is 1. The Hall–Kier alpha value is -2.75. The molecule has 156 valence electrons. The molecule has 1 N–H and O–H groups in total. The van der Waals surface area contributed by atoms with Gasteiger partial charge in [-0.2, -0.15) is 5.10 Å². The van der Waals surface area contributed by atoms with Crippen LogP contribution in [0.5, 0.6) is 0 Å². The lowest BCUT2D eigenvalue weighted by Crippen LogP contribution is -2.25. The molecule has 0 spiro atoms. The Balaban J connectivity index is 1.75. The molecule has 0 bridgehead atoms. The molecule has 0 aromatic carbocycles. The Bertz CT molecular complexity index is 920. The van der Waals surface area contributed by atoms with E-state index in [1.807, 2.05) is 6.92 Å². The first kappa shape index (κ1) is 21.0. The second kappa shape index (κ2) is 9.17. The van der Waals surface area contributed by atoms with Gasteiger partial charge < -0.3 is 10.1 Å². The third-order valence-corrected chi connectivity index (χ3v) is 6.00. The Morgan fingerprint density at radius 3 is 2.86 bits per heavy atom. The highest BCUT2D eigenvalue weighted by Gasteiger charge is 2.28. The lowest BCUT2D eigenvalue weighted by Gasteiger charge is -2.14. The van der Waals surface area contributed by atoms with Gasteiger partial charge in [0.05, 0.1) is 29.6 Å². The first-order valence-corrected chi connectivity index (χ1v) is 10.5. The lowest BCUT2D eigenvalue weighted by molar-refractivity contribution is -0.385. The number of fused-ring (bicyclic) bond motifs is 1. The largest absolute Gasteiger partial charge is 0.462 e. The Morgan fingerprint density at radius 1 is 1.41 bits per heavy atom. The monoisotopic (exact) mass is 420 g/mol. The SMILES string of the molecule is CCCOC(=O)c1c(NC(=O)C(C)Cn2cc([N+](=O)[O-])cn2)sc2c1CCCC2. The Kier molecular flexibility index (Phi) is 6.63. The van der Waals surface area contributed by atoms with Gasteiger partial charge in [-0.3, -0.25) is 19.6 Å². The van der Waals surface area contributed by atoms with Gasteiger partial charge in [0.1, 0.15) is 17.4 Å². The number of rotatable bonds is 8. The number of nitro groups is 1. The van der Waals surface area contributed by atoms with E-state index in [1.165, 1.54) is 22.2 Å². The number of hydrogen-bond donors (Lipinski definition) is 1. The van der Waals surface area contributed by atoms with Gasteiger partial charge in [0, 0.05) is 4.88 Å². The summed E-state index contributed by atoms with van der Waals surface area (Å²) in [5, 5.41) is 18.1. The van der Waals surface area contributed by atoms with Crippen molar-refractivity contribution in [2.45, 2.75) is 52.5 Å². The molecule has 9 nitrogen and oxygen atoms in total. The van der Waals surface area contributed by atoms with Crippen LogP contribution < -0.4 is 5.32 Å². The molecule has 1 aliphatic rings. The molecule has 0 aliphatic heterocycles. The molecular weight excluding hydrogens is 396 g/mol. The van der Waals surface area contributed by atoms with Crippen LogP contribution in [-0.4, -0.2) is 33.2 Å². The highest BCUT2D eigenvalue weighted by atomic mass is 32.1. The summed E-state index contributed by atoms with van der Waals surface area (Å²) in [5.41, 5.74) is 1.35. The zero-order chi connectivity index (χ0) is 21.0. The number of nitrogens with zero attached hydrogens (tertiary/aromatic N) is 3. The number of amides is 1. The number of esters is 1. The van der Waals surface area contributed by atoms with E-state index >= 15 is 0 Å². The number of anilines is 1. The van der Waals surface area contributed by atoms with Crippen LogP contribution in [0.1, 0.15) is 53.9 Å². The van der Waals surface area contributed by atoms with Crippen LogP contribution in [0.2, 0.25) is 0 Å². The van der Waals surface area contributed by atoms with Gasteiger partial charge in [-0.05, 0) is 37.7 Å². The van der Waals surface area contributed by atoms with Gasteiger partial charge in [-0.15, -0.1) is 11.3 Å². The number of carbonyl (C=O) groups excluding carboxylic acids is 2. The maximum atomic E-state index is 12.7. The molecule has 1 amide bonds. The molecule has 2 heterocycles. The second-order valence-corrected chi connectivity index (χ2v) is 8.22. The summed E-state index contributed by atoms with van der Waals surface area (Å²) in [6.45, 7) is 4.18. The molecule has 0 saturated heterocycles. The number of aryl methyl sites for hydroxylation is 1. The Labute approximate surface area is 172 Å². The molecule has 1 unspecified atom stereocenters. The minimum absolute atomic E-state index is 0.121. The van der Waals surface area contributed by atoms with Crippen LogP contribution in [0.4, 0.5) is 10.7 Å². The number of hydrogen-bond acceptors (Lipinski definition) is 7. The fourth-order valence-electron chi connectivity index (χ4n) is 3.28. The van der Waals surface area contributed by atoms with E-state index in [0.29, 0.717) is 17.2 Å². The van der Waals surface area contributed by atoms with E-state index in [0.717, 1.165) is 48.7 Å². The predicted octanol–water partition coefficient (Wildman–Crippen LogP) is 3.57. The molecule has 0 saturated carbocycles. The molecule has 0 fully saturated rings. The highest BCUT2D eigenvalue weighted by molar-refractivity contribution is 7.17. The number of ether oxygens (including phenoxy) is 1. The summed E-state index contributed by atoms with van der Waals surface area (Å²) >= 11 is 1.44. The minimum Gasteiger partial charge on any atom is -0.462 e. The third-order valence-electron chi connectivity index (χ3n) is 4.79. The van der Waals surface area contributed by atoms with E-state index in [1.54, 1.807) is 6.92 Å². The standard InChI is InChI=1S/C19H24N4O5S/c1-3-8-28-19(25)16-14-6-4-5-7-15(14)29-18(16)21-17(24)12(2)10-22-11-13(9-20-22)23(26)27/h9,11-12H,3-8,10H2,1-2H3,(H,21,24). The Morgan fingerprint density at radius 2 is 2.17 bits per heavy atom. The van der Waals surface area contributed by atoms with Gasteiger partial charge in [0.2, 0.25) is 5.91 Å². The van der Waals surface area contributed by atoms with E-state index in [4.69, 9.17) is 4.74 Å². The maximum Gasteiger partial charge on any atom is 0.341 e. The van der Waals surface area contributed by atoms with Crippen molar-refractivity contribution >= 4 is 33.9 Å². The van der Waals surface area contributed by atoms with Gasteiger partial charge in [-0.25, -0.2) is 4.79 Å². The van der Waals surface area contributed by atoms with Crippen molar-refractivity contribution in [1.29, 1.82) is 0 Å². The first-order valence-electron chi connectivity index (χ1n) is 9.70. The molecule has 29 heavy (non-hydrogen) atoms. The van der Waals surface area contributed by atoms with Crippen LogP contribution in [0.15, 0.2) is 12.4 Å². The predicted molar refractivity (Wildman–Crippen MR) is 108 cm³/mol. The molecule has 2 aromatic rings. The lowest BCUT2D eigenvalue weighted by atomic mass is 9.95. The molecule has 2 aromatic heterocycles. The number of aromatic nitrogens is 2. The van der Waals surface area contributed by atoms with E-state index < -0.39 is 16.8 Å². The van der Waals surface area contributed by atoms with E-state index in [-0.39, 0.29) is 18.1 Å². The van der Waals surface area contributed by atoms with Gasteiger partial charge in [0.15, 0.2) is 0 Å².